The number of carbonyl (C=O) groups is 2. The molecule has 2 amide bonds. The molecule has 0 unspecified atom stereocenters. The van der Waals surface area contributed by atoms with E-state index in [2.05, 4.69) is 15.4 Å². The van der Waals surface area contributed by atoms with Crippen molar-refractivity contribution in [1.29, 1.82) is 0 Å². The summed E-state index contributed by atoms with van der Waals surface area (Å²) in [5.74, 6) is 3.43. The monoisotopic (exact) mass is 472 g/mol. The van der Waals surface area contributed by atoms with Gasteiger partial charge in [0, 0.05) is 23.5 Å². The summed E-state index contributed by atoms with van der Waals surface area (Å²) >= 11 is 12.0. The molecule has 0 bridgehead atoms. The molecule has 0 radical (unpaired) electrons. The van der Waals surface area contributed by atoms with Gasteiger partial charge >= 0.3 is 6.18 Å². The Morgan fingerprint density at radius 3 is 2.48 bits per heavy atom. The fourth-order valence-electron chi connectivity index (χ4n) is 2.75. The summed E-state index contributed by atoms with van der Waals surface area (Å²) in [6.45, 7) is 1.55. The van der Waals surface area contributed by atoms with Crippen molar-refractivity contribution in [2.75, 3.05) is 5.32 Å². The molecule has 0 saturated heterocycles. The number of alkyl halides is 3. The minimum atomic E-state index is -4.82. The van der Waals surface area contributed by atoms with Crippen LogP contribution >= 0.6 is 23.2 Å². The van der Waals surface area contributed by atoms with E-state index in [-0.39, 0.29) is 27.0 Å². The highest BCUT2D eigenvalue weighted by atomic mass is 35.5. The minimum absolute atomic E-state index is 0.00469. The molecule has 2 heterocycles. The van der Waals surface area contributed by atoms with Crippen LogP contribution in [-0.2, 0) is 6.18 Å². The van der Waals surface area contributed by atoms with Gasteiger partial charge in [0.1, 0.15) is 5.69 Å². The molecule has 4 N–H and O–H groups in total. The van der Waals surface area contributed by atoms with Crippen LogP contribution in [0, 0.1) is 6.92 Å². The van der Waals surface area contributed by atoms with E-state index >= 15 is 0 Å². The zero-order valence-electron chi connectivity index (χ0n) is 15.6. The van der Waals surface area contributed by atoms with E-state index in [0.29, 0.717) is 11.6 Å². The van der Waals surface area contributed by atoms with Crippen LogP contribution in [0.15, 0.2) is 36.7 Å². The lowest BCUT2D eigenvalue weighted by Gasteiger charge is -2.14. The topological polar surface area (TPSA) is 115 Å². The van der Waals surface area contributed by atoms with Gasteiger partial charge in [-0.15, -0.1) is 0 Å². The summed E-state index contributed by atoms with van der Waals surface area (Å²) in [6, 6.07) is 4.58. The Hall–Kier alpha value is -3.15. The lowest BCUT2D eigenvalue weighted by Crippen LogP contribution is -2.31. The largest absolute Gasteiger partial charge is 0.435 e. The van der Waals surface area contributed by atoms with Crippen LogP contribution in [0.3, 0.4) is 0 Å². The van der Waals surface area contributed by atoms with Gasteiger partial charge in [-0.3, -0.25) is 20.0 Å². The number of hydrazine groups is 1. The second-order valence-corrected chi connectivity index (χ2v) is 7.07. The van der Waals surface area contributed by atoms with Gasteiger partial charge in [-0.1, -0.05) is 23.2 Å². The highest BCUT2D eigenvalue weighted by Crippen LogP contribution is 2.32. The number of hydrogen-bond acceptors (Lipinski definition) is 5. The first-order valence-electron chi connectivity index (χ1n) is 8.42. The number of anilines is 1. The highest BCUT2D eigenvalue weighted by Gasteiger charge is 2.36. The standard InChI is InChI=1S/C18H13Cl2F3N6O2/c1-8-4-9(19)5-10(16(30)27-24)15(8)26-17(31)13-6-14(18(21,22)23)28-29(13)12-2-3-25-7-11(12)20/h2-7H,24H2,1H3,(H,26,31)(H,27,30). The number of pyridine rings is 1. The number of nitrogen functional groups attached to an aromatic ring is 1. The van der Waals surface area contributed by atoms with E-state index < -0.39 is 29.4 Å². The van der Waals surface area contributed by atoms with Gasteiger partial charge in [0.15, 0.2) is 5.69 Å². The van der Waals surface area contributed by atoms with Crippen molar-refractivity contribution in [2.45, 2.75) is 13.1 Å². The van der Waals surface area contributed by atoms with Crippen LogP contribution in [0.25, 0.3) is 5.69 Å². The first-order valence-corrected chi connectivity index (χ1v) is 9.18. The Labute approximate surface area is 183 Å². The van der Waals surface area contributed by atoms with Crippen molar-refractivity contribution in [3.63, 3.8) is 0 Å². The average molecular weight is 473 g/mol. The minimum Gasteiger partial charge on any atom is -0.320 e. The molecule has 0 aliphatic heterocycles. The van der Waals surface area contributed by atoms with E-state index in [0.717, 1.165) is 4.68 Å². The van der Waals surface area contributed by atoms with Gasteiger partial charge in [0.2, 0.25) is 0 Å². The molecular weight excluding hydrogens is 460 g/mol. The number of halogens is 5. The Balaban J connectivity index is 2.12. The van der Waals surface area contributed by atoms with Gasteiger partial charge in [0.05, 0.1) is 22.0 Å². The molecule has 13 heteroatoms. The molecule has 2 aromatic heterocycles. The Kier molecular flexibility index (Phi) is 6.20. The van der Waals surface area contributed by atoms with Gasteiger partial charge < -0.3 is 5.32 Å². The fraction of sp³-hybridized carbons (Fsp3) is 0.111. The number of nitrogens with zero attached hydrogens (tertiary/aromatic N) is 3. The third-order valence-corrected chi connectivity index (χ3v) is 4.64. The smallest absolute Gasteiger partial charge is 0.320 e. The molecule has 31 heavy (non-hydrogen) atoms. The second-order valence-electron chi connectivity index (χ2n) is 6.22. The summed E-state index contributed by atoms with van der Waals surface area (Å²) in [7, 11) is 0. The maximum atomic E-state index is 13.3. The van der Waals surface area contributed by atoms with E-state index in [1.807, 2.05) is 5.43 Å². The van der Waals surface area contributed by atoms with E-state index in [4.69, 9.17) is 29.0 Å². The van der Waals surface area contributed by atoms with Crippen molar-refractivity contribution in [2.24, 2.45) is 5.84 Å². The van der Waals surface area contributed by atoms with E-state index in [1.165, 1.54) is 30.6 Å². The van der Waals surface area contributed by atoms with Crippen LogP contribution < -0.4 is 16.6 Å². The molecule has 0 aliphatic carbocycles. The first kappa shape index (κ1) is 22.5. The predicted octanol–water partition coefficient (Wildman–Crippen LogP) is 3.76. The van der Waals surface area contributed by atoms with E-state index in [1.54, 1.807) is 6.92 Å². The number of rotatable bonds is 4. The number of nitrogens with two attached hydrogens (primary N) is 1. The fourth-order valence-corrected chi connectivity index (χ4v) is 3.22. The Morgan fingerprint density at radius 1 is 1.16 bits per heavy atom. The van der Waals surface area contributed by atoms with Gasteiger partial charge in [0.25, 0.3) is 11.8 Å². The molecular formula is C18H13Cl2F3N6O2. The molecule has 3 rings (SSSR count). The number of aromatic nitrogens is 3. The molecule has 162 valence electrons. The summed E-state index contributed by atoms with van der Waals surface area (Å²) < 4.78 is 40.6. The Bertz CT molecular complexity index is 1180. The van der Waals surface area contributed by atoms with Gasteiger partial charge in [-0.25, -0.2) is 10.5 Å². The van der Waals surface area contributed by atoms with E-state index in [9.17, 15) is 22.8 Å². The van der Waals surface area contributed by atoms with Crippen molar-refractivity contribution < 1.29 is 22.8 Å². The van der Waals surface area contributed by atoms with Crippen molar-refractivity contribution in [3.8, 4) is 5.69 Å². The number of amides is 2. The molecule has 0 atom stereocenters. The van der Waals surface area contributed by atoms with Crippen LogP contribution in [0.2, 0.25) is 10.0 Å². The van der Waals surface area contributed by atoms with Gasteiger partial charge in [-0.05, 0) is 30.7 Å². The van der Waals surface area contributed by atoms with Crippen LogP contribution in [0.5, 0.6) is 0 Å². The van der Waals surface area contributed by atoms with Crippen LogP contribution in [-0.4, -0.2) is 26.6 Å². The highest BCUT2D eigenvalue weighted by molar-refractivity contribution is 6.32. The quantitative estimate of drug-likeness (QED) is 0.303. The normalized spacial score (nSPS) is 11.3. The third-order valence-electron chi connectivity index (χ3n) is 4.13. The van der Waals surface area contributed by atoms with Crippen molar-refractivity contribution in [1.82, 2.24) is 20.2 Å². The van der Waals surface area contributed by atoms with Gasteiger partial charge in [-0.2, -0.15) is 18.3 Å². The average Bonchev–Trinajstić information content (AvgIpc) is 3.15. The number of nitrogens with one attached hydrogen (secondary N) is 2. The van der Waals surface area contributed by atoms with Crippen molar-refractivity contribution >= 4 is 40.7 Å². The number of aryl methyl sites for hydroxylation is 1. The zero-order chi connectivity index (χ0) is 22.9. The molecule has 0 spiro atoms. The van der Waals surface area contributed by atoms with Crippen molar-refractivity contribution in [3.05, 3.63) is 69.2 Å². The molecule has 8 nitrogen and oxygen atoms in total. The second kappa shape index (κ2) is 8.53. The molecule has 1 aromatic carbocycles. The zero-order valence-corrected chi connectivity index (χ0v) is 17.1. The molecule has 0 saturated carbocycles. The summed E-state index contributed by atoms with van der Waals surface area (Å²) in [4.78, 5) is 28.8. The molecule has 0 fully saturated rings. The maximum Gasteiger partial charge on any atom is 0.435 e. The molecule has 0 aliphatic rings. The SMILES string of the molecule is Cc1cc(Cl)cc(C(=O)NN)c1NC(=O)c1cc(C(F)(F)F)nn1-c1ccncc1Cl. The number of benzene rings is 1. The third kappa shape index (κ3) is 4.63. The summed E-state index contributed by atoms with van der Waals surface area (Å²) in [6.07, 6.45) is -2.34. The number of carbonyl (C=O) groups excluding carboxylic acids is 2. The summed E-state index contributed by atoms with van der Waals surface area (Å²) in [5.41, 5.74) is 0.451. The summed E-state index contributed by atoms with van der Waals surface area (Å²) in [5, 5.41) is 6.08. The predicted molar refractivity (Wildman–Crippen MR) is 107 cm³/mol. The maximum absolute atomic E-state index is 13.3. The first-order chi connectivity index (χ1) is 14.5. The van der Waals surface area contributed by atoms with Crippen LogP contribution in [0.1, 0.15) is 32.1 Å². The number of hydrogen-bond donors (Lipinski definition) is 3. The Morgan fingerprint density at radius 2 is 1.87 bits per heavy atom. The lowest BCUT2D eigenvalue weighted by molar-refractivity contribution is -0.141. The van der Waals surface area contributed by atoms with Crippen LogP contribution in [0.4, 0.5) is 18.9 Å². The molecule has 3 aromatic rings. The lowest BCUT2D eigenvalue weighted by atomic mass is 10.1.